The van der Waals surface area contributed by atoms with Crippen molar-refractivity contribution in [2.75, 3.05) is 26.2 Å². The summed E-state index contributed by atoms with van der Waals surface area (Å²) in [6, 6.07) is 9.69. The Kier molecular flexibility index (Phi) is 5.90. The van der Waals surface area contributed by atoms with E-state index >= 15 is 0 Å². The van der Waals surface area contributed by atoms with E-state index in [1.165, 1.54) is 41.3 Å². The van der Waals surface area contributed by atoms with Gasteiger partial charge in [0.25, 0.3) is 11.6 Å². The molecule has 0 bridgehead atoms. The minimum atomic E-state index is -4.05. The first kappa shape index (κ1) is 20.5. The lowest BCUT2D eigenvalue weighted by Gasteiger charge is -2.34. The van der Waals surface area contributed by atoms with Crippen LogP contribution in [0, 0.1) is 10.1 Å². The highest BCUT2D eigenvalue weighted by atomic mass is 35.5. The third-order valence-electron chi connectivity index (χ3n) is 4.32. The highest BCUT2D eigenvalue weighted by Crippen LogP contribution is 2.27. The molecule has 0 spiro atoms. The van der Waals surface area contributed by atoms with Gasteiger partial charge >= 0.3 is 0 Å². The van der Waals surface area contributed by atoms with Gasteiger partial charge in [-0.2, -0.15) is 4.31 Å². The lowest BCUT2D eigenvalue weighted by Crippen LogP contribution is -2.50. The van der Waals surface area contributed by atoms with Crippen molar-refractivity contribution in [1.82, 2.24) is 9.21 Å². The SMILES string of the molecule is O=C(c1cc(Cl)cc(Cl)c1)N1CCN(S(=O)(=O)c2ccccc2[N+](=O)[O-])CC1. The van der Waals surface area contributed by atoms with Crippen molar-refractivity contribution >= 4 is 44.8 Å². The van der Waals surface area contributed by atoms with Gasteiger partial charge in [0.15, 0.2) is 4.90 Å². The molecule has 1 aliphatic heterocycles. The Morgan fingerprint density at radius 1 is 1.00 bits per heavy atom. The highest BCUT2D eigenvalue weighted by Gasteiger charge is 2.34. The molecule has 0 aromatic heterocycles. The number of hydrogen-bond acceptors (Lipinski definition) is 5. The van der Waals surface area contributed by atoms with Crippen molar-refractivity contribution in [2.24, 2.45) is 0 Å². The number of nitrogens with zero attached hydrogens (tertiary/aromatic N) is 3. The van der Waals surface area contributed by atoms with Gasteiger partial charge < -0.3 is 4.90 Å². The van der Waals surface area contributed by atoms with E-state index < -0.39 is 20.6 Å². The topological polar surface area (TPSA) is 101 Å². The number of amides is 1. The van der Waals surface area contributed by atoms with Crippen molar-refractivity contribution < 1.29 is 18.1 Å². The molecule has 1 saturated heterocycles. The second-order valence-electron chi connectivity index (χ2n) is 6.08. The number of sulfonamides is 1. The van der Waals surface area contributed by atoms with E-state index in [9.17, 15) is 23.3 Å². The molecule has 28 heavy (non-hydrogen) atoms. The molecule has 8 nitrogen and oxygen atoms in total. The molecule has 1 fully saturated rings. The molecule has 0 aliphatic carbocycles. The van der Waals surface area contributed by atoms with Crippen LogP contribution in [0.1, 0.15) is 10.4 Å². The van der Waals surface area contributed by atoms with E-state index in [1.54, 1.807) is 0 Å². The van der Waals surface area contributed by atoms with Gasteiger partial charge in [-0.25, -0.2) is 8.42 Å². The minimum absolute atomic E-state index is 0.0222. The summed E-state index contributed by atoms with van der Waals surface area (Å²) in [6.07, 6.45) is 0. The van der Waals surface area contributed by atoms with Crippen LogP contribution in [0.25, 0.3) is 0 Å². The van der Waals surface area contributed by atoms with Gasteiger partial charge in [0.2, 0.25) is 10.0 Å². The fourth-order valence-electron chi connectivity index (χ4n) is 2.96. The van der Waals surface area contributed by atoms with Crippen LogP contribution in [0.15, 0.2) is 47.4 Å². The predicted octanol–water partition coefficient (Wildman–Crippen LogP) is 3.05. The summed E-state index contributed by atoms with van der Waals surface area (Å²) in [5.74, 6) is -0.313. The summed E-state index contributed by atoms with van der Waals surface area (Å²) < 4.78 is 26.8. The van der Waals surface area contributed by atoms with Gasteiger partial charge in [0, 0.05) is 47.9 Å². The van der Waals surface area contributed by atoms with E-state index in [0.29, 0.717) is 15.6 Å². The van der Waals surface area contributed by atoms with Crippen molar-refractivity contribution in [3.05, 3.63) is 68.2 Å². The van der Waals surface area contributed by atoms with E-state index in [4.69, 9.17) is 23.2 Å². The van der Waals surface area contributed by atoms with Gasteiger partial charge in [0.1, 0.15) is 0 Å². The number of benzene rings is 2. The number of nitro groups is 1. The molecule has 0 atom stereocenters. The van der Waals surface area contributed by atoms with Crippen LogP contribution >= 0.6 is 23.2 Å². The summed E-state index contributed by atoms with van der Waals surface area (Å²) in [4.78, 5) is 24.2. The highest BCUT2D eigenvalue weighted by molar-refractivity contribution is 7.89. The molecule has 1 heterocycles. The number of nitro benzene ring substituents is 1. The van der Waals surface area contributed by atoms with Crippen LogP contribution in [0.2, 0.25) is 10.0 Å². The maximum Gasteiger partial charge on any atom is 0.289 e. The quantitative estimate of drug-likeness (QED) is 0.533. The molecule has 1 aliphatic rings. The lowest BCUT2D eigenvalue weighted by atomic mass is 10.2. The Hall–Kier alpha value is -2.20. The Morgan fingerprint density at radius 2 is 1.57 bits per heavy atom. The first-order valence-corrected chi connectivity index (χ1v) is 10.4. The van der Waals surface area contributed by atoms with E-state index in [1.807, 2.05) is 0 Å². The summed E-state index contributed by atoms with van der Waals surface area (Å²) >= 11 is 11.9. The predicted molar refractivity (Wildman–Crippen MR) is 104 cm³/mol. The van der Waals surface area contributed by atoms with E-state index in [2.05, 4.69) is 0 Å². The first-order chi connectivity index (χ1) is 13.2. The van der Waals surface area contributed by atoms with E-state index in [0.717, 1.165) is 10.4 Å². The number of carbonyl (C=O) groups excluding carboxylic acids is 1. The molecule has 3 rings (SSSR count). The van der Waals surface area contributed by atoms with Crippen LogP contribution in [-0.4, -0.2) is 54.6 Å². The molecule has 0 saturated carbocycles. The maximum absolute atomic E-state index is 12.8. The van der Waals surface area contributed by atoms with Gasteiger partial charge in [0.05, 0.1) is 4.92 Å². The molecule has 0 radical (unpaired) electrons. The van der Waals surface area contributed by atoms with Gasteiger partial charge in [-0.15, -0.1) is 0 Å². The monoisotopic (exact) mass is 443 g/mol. The fraction of sp³-hybridized carbons (Fsp3) is 0.235. The summed E-state index contributed by atoms with van der Waals surface area (Å²) in [5, 5.41) is 11.8. The molecule has 2 aromatic rings. The van der Waals surface area contributed by atoms with Crippen molar-refractivity contribution in [2.45, 2.75) is 4.90 Å². The van der Waals surface area contributed by atoms with Gasteiger partial charge in [-0.1, -0.05) is 35.3 Å². The normalized spacial score (nSPS) is 15.4. The minimum Gasteiger partial charge on any atom is -0.336 e. The Labute approximate surface area is 171 Å². The Morgan fingerprint density at radius 3 is 2.14 bits per heavy atom. The molecule has 1 amide bonds. The molecule has 0 N–H and O–H groups in total. The first-order valence-electron chi connectivity index (χ1n) is 8.19. The average Bonchev–Trinajstić information content (AvgIpc) is 2.66. The summed E-state index contributed by atoms with van der Waals surface area (Å²) in [5.41, 5.74) is -0.165. The number of halogens is 2. The van der Waals surface area contributed by atoms with Gasteiger partial charge in [-0.3, -0.25) is 14.9 Å². The average molecular weight is 444 g/mol. The number of hydrogen-bond donors (Lipinski definition) is 0. The molecule has 0 unspecified atom stereocenters. The Balaban J connectivity index is 1.76. The second-order valence-corrected chi connectivity index (χ2v) is 8.86. The summed E-state index contributed by atoms with van der Waals surface area (Å²) in [6.45, 7) is 0.328. The Bertz CT molecular complexity index is 1020. The largest absolute Gasteiger partial charge is 0.336 e. The number of rotatable bonds is 4. The zero-order valence-corrected chi connectivity index (χ0v) is 16.7. The molecule has 2 aromatic carbocycles. The molecule has 148 valence electrons. The van der Waals surface area contributed by atoms with Gasteiger partial charge in [-0.05, 0) is 24.3 Å². The van der Waals surface area contributed by atoms with Crippen LogP contribution in [0.4, 0.5) is 5.69 Å². The van der Waals surface area contributed by atoms with Crippen LogP contribution in [-0.2, 0) is 10.0 Å². The van der Waals surface area contributed by atoms with Crippen LogP contribution < -0.4 is 0 Å². The van der Waals surface area contributed by atoms with E-state index in [-0.39, 0.29) is 37.0 Å². The van der Waals surface area contributed by atoms with Crippen LogP contribution in [0.5, 0.6) is 0 Å². The maximum atomic E-state index is 12.8. The smallest absolute Gasteiger partial charge is 0.289 e. The third-order valence-corrected chi connectivity index (χ3v) is 6.70. The lowest BCUT2D eigenvalue weighted by molar-refractivity contribution is -0.387. The molecular formula is C17H15Cl2N3O5S. The molecular weight excluding hydrogens is 429 g/mol. The number of piperazine rings is 1. The van der Waals surface area contributed by atoms with Crippen molar-refractivity contribution in [3.8, 4) is 0 Å². The van der Waals surface area contributed by atoms with Crippen LogP contribution in [0.3, 0.4) is 0 Å². The van der Waals surface area contributed by atoms with Crippen molar-refractivity contribution in [1.29, 1.82) is 0 Å². The number of carbonyl (C=O) groups is 1. The summed E-state index contributed by atoms with van der Waals surface area (Å²) in [7, 11) is -4.05. The van der Waals surface area contributed by atoms with Crippen molar-refractivity contribution in [3.63, 3.8) is 0 Å². The zero-order chi connectivity index (χ0) is 20.5. The zero-order valence-electron chi connectivity index (χ0n) is 14.4. The fourth-order valence-corrected chi connectivity index (χ4v) is 5.06. The number of para-hydroxylation sites is 1. The second kappa shape index (κ2) is 8.04. The third kappa shape index (κ3) is 4.12. The standard InChI is InChI=1S/C17H15Cl2N3O5S/c18-13-9-12(10-14(19)11-13)17(23)20-5-7-21(8-6-20)28(26,27)16-4-2-1-3-15(16)22(24)25/h1-4,9-11H,5-8H2. The molecule has 11 heteroatoms.